The number of hydrogen-bond acceptors (Lipinski definition) is 4. The fraction of sp³-hybridized carbons (Fsp3) is 0.800. The number of amides is 1. The first-order valence-corrected chi connectivity index (χ1v) is 5.95. The van der Waals surface area contributed by atoms with Crippen LogP contribution in [-0.2, 0) is 9.53 Å². The zero-order valence-corrected chi connectivity index (χ0v) is 10.6. The van der Waals surface area contributed by atoms with Gasteiger partial charge in [-0.05, 0) is 13.8 Å². The largest absolute Gasteiger partial charge is 0.469 e. The Morgan fingerprint density at radius 1 is 1.33 bits per heavy atom. The van der Waals surface area contributed by atoms with Gasteiger partial charge in [0, 0.05) is 18.3 Å². The molecule has 0 fully saturated rings. The molecule has 88 valence electrons. The molecule has 1 amide bonds. The van der Waals surface area contributed by atoms with Crippen LogP contribution in [-0.4, -0.2) is 41.6 Å². The minimum absolute atomic E-state index is 0.0244. The molecule has 15 heavy (non-hydrogen) atoms. The third-order valence-corrected chi connectivity index (χ3v) is 3.03. The summed E-state index contributed by atoms with van der Waals surface area (Å²) in [6, 6.07) is 0. The van der Waals surface area contributed by atoms with Crippen molar-refractivity contribution >= 4 is 23.0 Å². The quantitative estimate of drug-likeness (QED) is 0.682. The van der Waals surface area contributed by atoms with Crippen LogP contribution < -0.4 is 0 Å². The van der Waals surface area contributed by atoms with E-state index in [1.165, 1.54) is 18.9 Å². The minimum atomic E-state index is -0.276. The Kier molecular flexibility index (Phi) is 7.21. The van der Waals surface area contributed by atoms with Gasteiger partial charge in [0.1, 0.15) is 0 Å². The molecule has 0 N–H and O–H groups in total. The van der Waals surface area contributed by atoms with Crippen molar-refractivity contribution in [1.82, 2.24) is 4.90 Å². The first-order chi connectivity index (χ1) is 7.04. The van der Waals surface area contributed by atoms with E-state index in [1.54, 1.807) is 4.90 Å². The second-order valence-electron chi connectivity index (χ2n) is 3.15. The molecule has 0 aromatic carbocycles. The van der Waals surface area contributed by atoms with E-state index in [9.17, 15) is 9.59 Å². The Labute approximate surface area is 95.3 Å². The smallest absolute Gasteiger partial charge is 0.306 e. The van der Waals surface area contributed by atoms with Crippen molar-refractivity contribution in [2.45, 2.75) is 32.4 Å². The SMILES string of the molecule is CCN(CC)C(=O)SC(C)CC(=O)OC. The molecule has 5 heteroatoms. The number of carbonyl (C=O) groups is 2. The van der Waals surface area contributed by atoms with Crippen LogP contribution >= 0.6 is 11.8 Å². The van der Waals surface area contributed by atoms with E-state index in [4.69, 9.17) is 0 Å². The first kappa shape index (κ1) is 14.3. The molecule has 4 nitrogen and oxygen atoms in total. The van der Waals surface area contributed by atoms with Gasteiger partial charge in [-0.25, -0.2) is 0 Å². The summed E-state index contributed by atoms with van der Waals surface area (Å²) in [5, 5.41) is -0.0121. The maximum atomic E-state index is 11.6. The predicted molar refractivity (Wildman–Crippen MR) is 62.0 cm³/mol. The highest BCUT2D eigenvalue weighted by Crippen LogP contribution is 2.18. The molecule has 0 heterocycles. The Bertz CT molecular complexity index is 217. The first-order valence-electron chi connectivity index (χ1n) is 5.07. The van der Waals surface area contributed by atoms with Gasteiger partial charge in [-0.2, -0.15) is 0 Å². The standard InChI is InChI=1S/C10H19NO3S/c1-5-11(6-2)10(13)15-8(3)7-9(12)14-4/h8H,5-7H2,1-4H3. The molecule has 0 bridgehead atoms. The highest BCUT2D eigenvalue weighted by molar-refractivity contribution is 8.14. The normalized spacial score (nSPS) is 12.0. The van der Waals surface area contributed by atoms with Crippen LogP contribution in [0.5, 0.6) is 0 Å². The number of carbonyl (C=O) groups excluding carboxylic acids is 2. The van der Waals surface area contributed by atoms with Crippen LogP contribution in [0.2, 0.25) is 0 Å². The van der Waals surface area contributed by atoms with Crippen LogP contribution in [0.25, 0.3) is 0 Å². The lowest BCUT2D eigenvalue weighted by atomic mass is 10.3. The maximum absolute atomic E-state index is 11.6. The molecule has 1 atom stereocenters. The zero-order chi connectivity index (χ0) is 11.8. The number of esters is 1. The Morgan fingerprint density at radius 2 is 1.87 bits per heavy atom. The van der Waals surface area contributed by atoms with Crippen molar-refractivity contribution in [2.75, 3.05) is 20.2 Å². The van der Waals surface area contributed by atoms with Crippen molar-refractivity contribution in [3.05, 3.63) is 0 Å². The number of ether oxygens (including phenoxy) is 1. The van der Waals surface area contributed by atoms with E-state index >= 15 is 0 Å². The molecule has 0 radical (unpaired) electrons. The number of thioether (sulfide) groups is 1. The minimum Gasteiger partial charge on any atom is -0.469 e. The monoisotopic (exact) mass is 233 g/mol. The highest BCUT2D eigenvalue weighted by atomic mass is 32.2. The van der Waals surface area contributed by atoms with Gasteiger partial charge in [0.05, 0.1) is 13.5 Å². The summed E-state index contributed by atoms with van der Waals surface area (Å²) in [5.41, 5.74) is 0. The Morgan fingerprint density at radius 3 is 2.27 bits per heavy atom. The topological polar surface area (TPSA) is 46.6 Å². The molecule has 0 spiro atoms. The number of hydrogen-bond donors (Lipinski definition) is 0. The zero-order valence-electron chi connectivity index (χ0n) is 9.78. The Balaban J connectivity index is 4.00. The van der Waals surface area contributed by atoms with Crippen LogP contribution in [0.1, 0.15) is 27.2 Å². The van der Waals surface area contributed by atoms with E-state index in [-0.39, 0.29) is 22.9 Å². The summed E-state index contributed by atoms with van der Waals surface area (Å²) in [5.74, 6) is -0.276. The van der Waals surface area contributed by atoms with Gasteiger partial charge in [-0.1, -0.05) is 18.7 Å². The molecule has 0 saturated carbocycles. The van der Waals surface area contributed by atoms with Gasteiger partial charge < -0.3 is 9.64 Å². The number of methoxy groups -OCH3 is 1. The molecule has 0 rings (SSSR count). The summed E-state index contributed by atoms with van der Waals surface area (Å²) in [7, 11) is 1.35. The van der Waals surface area contributed by atoms with Crippen LogP contribution in [0.15, 0.2) is 0 Å². The summed E-state index contributed by atoms with van der Waals surface area (Å²) in [6.07, 6.45) is 0.272. The van der Waals surface area contributed by atoms with Crippen molar-refractivity contribution in [1.29, 1.82) is 0 Å². The second-order valence-corrected chi connectivity index (χ2v) is 4.54. The van der Waals surface area contributed by atoms with Gasteiger partial charge in [0.25, 0.3) is 5.24 Å². The fourth-order valence-corrected chi connectivity index (χ4v) is 2.06. The van der Waals surface area contributed by atoms with E-state index in [1.807, 2.05) is 20.8 Å². The summed E-state index contributed by atoms with van der Waals surface area (Å²) in [4.78, 5) is 24.3. The molecule has 1 unspecified atom stereocenters. The van der Waals surface area contributed by atoms with Crippen molar-refractivity contribution in [2.24, 2.45) is 0 Å². The number of rotatable bonds is 5. The lowest BCUT2D eigenvalue weighted by Gasteiger charge is -2.19. The third kappa shape index (κ3) is 5.67. The van der Waals surface area contributed by atoms with Gasteiger partial charge in [0.2, 0.25) is 0 Å². The fourth-order valence-electron chi connectivity index (χ4n) is 1.09. The molecular weight excluding hydrogens is 214 g/mol. The average Bonchev–Trinajstić information content (AvgIpc) is 2.19. The molecule has 0 aromatic rings. The molecule has 0 saturated heterocycles. The van der Waals surface area contributed by atoms with Gasteiger partial charge in [-0.3, -0.25) is 9.59 Å². The second kappa shape index (κ2) is 7.56. The van der Waals surface area contributed by atoms with Crippen LogP contribution in [0, 0.1) is 0 Å². The molecule has 0 aliphatic rings. The summed E-state index contributed by atoms with van der Waals surface area (Å²) < 4.78 is 4.54. The van der Waals surface area contributed by atoms with Crippen molar-refractivity contribution < 1.29 is 14.3 Å². The van der Waals surface area contributed by atoms with Crippen molar-refractivity contribution in [3.63, 3.8) is 0 Å². The predicted octanol–water partition coefficient (Wildman–Crippen LogP) is 2.13. The maximum Gasteiger partial charge on any atom is 0.306 e. The third-order valence-electron chi connectivity index (χ3n) is 2.01. The van der Waals surface area contributed by atoms with E-state index in [0.29, 0.717) is 13.1 Å². The lowest BCUT2D eigenvalue weighted by Crippen LogP contribution is -2.28. The van der Waals surface area contributed by atoms with Crippen LogP contribution in [0.3, 0.4) is 0 Å². The number of nitrogens with zero attached hydrogens (tertiary/aromatic N) is 1. The molecule has 0 aliphatic carbocycles. The molecule has 0 aliphatic heterocycles. The Hall–Kier alpha value is -0.710. The summed E-state index contributed by atoms with van der Waals surface area (Å²) >= 11 is 1.19. The molecule has 0 aromatic heterocycles. The van der Waals surface area contributed by atoms with E-state index < -0.39 is 0 Å². The average molecular weight is 233 g/mol. The van der Waals surface area contributed by atoms with Gasteiger partial charge in [0.15, 0.2) is 0 Å². The van der Waals surface area contributed by atoms with Gasteiger partial charge >= 0.3 is 5.97 Å². The van der Waals surface area contributed by atoms with Gasteiger partial charge in [-0.15, -0.1) is 0 Å². The van der Waals surface area contributed by atoms with E-state index in [0.717, 1.165) is 0 Å². The van der Waals surface area contributed by atoms with Crippen molar-refractivity contribution in [3.8, 4) is 0 Å². The molecular formula is C10H19NO3S. The highest BCUT2D eigenvalue weighted by Gasteiger charge is 2.17. The lowest BCUT2D eigenvalue weighted by molar-refractivity contribution is -0.140. The van der Waals surface area contributed by atoms with E-state index in [2.05, 4.69) is 4.74 Å². The summed E-state index contributed by atoms with van der Waals surface area (Å²) in [6.45, 7) is 7.13. The van der Waals surface area contributed by atoms with Crippen LogP contribution in [0.4, 0.5) is 4.79 Å².